The molecule has 1 saturated heterocycles. The fourth-order valence-electron chi connectivity index (χ4n) is 4.53. The molecule has 2 heterocycles. The van der Waals surface area contributed by atoms with Gasteiger partial charge in [-0.15, -0.1) is 0 Å². The third-order valence-corrected chi connectivity index (χ3v) is 6.73. The van der Waals surface area contributed by atoms with Gasteiger partial charge in [0.15, 0.2) is 0 Å². The zero-order chi connectivity index (χ0) is 24.2. The number of ether oxygens (including phenoxy) is 2. The van der Waals surface area contributed by atoms with Crippen LogP contribution in [-0.2, 0) is 4.74 Å². The number of hydrogen-bond donors (Lipinski definition) is 1. The van der Waals surface area contributed by atoms with Crippen LogP contribution < -0.4 is 9.64 Å². The topological polar surface area (TPSA) is 61.3 Å². The zero-order valence-electron chi connectivity index (χ0n) is 20.2. The minimum atomic E-state index is 0.560. The zero-order valence-corrected chi connectivity index (χ0v) is 20.2. The first-order valence-corrected chi connectivity index (χ1v) is 12.3. The quantitative estimate of drug-likeness (QED) is 0.408. The van der Waals surface area contributed by atoms with Crippen molar-refractivity contribution in [3.8, 4) is 23.1 Å². The second kappa shape index (κ2) is 10.2. The van der Waals surface area contributed by atoms with Gasteiger partial charge in [0.1, 0.15) is 11.8 Å². The fourth-order valence-corrected chi connectivity index (χ4v) is 4.53. The number of hydrogen-bond acceptors (Lipinski definition) is 4. The smallest absolute Gasteiger partial charge is 0.137 e. The van der Waals surface area contributed by atoms with Crippen molar-refractivity contribution in [2.75, 3.05) is 37.8 Å². The van der Waals surface area contributed by atoms with Crippen LogP contribution in [0.25, 0.3) is 16.8 Å². The van der Waals surface area contributed by atoms with E-state index in [2.05, 4.69) is 59.8 Å². The third-order valence-electron chi connectivity index (χ3n) is 6.73. The highest BCUT2D eigenvalue weighted by Gasteiger charge is 2.23. The number of benzene rings is 2. The number of nitrogens with one attached hydrogen (secondary N) is 1. The number of nitrogens with zero attached hydrogens (tertiary/aromatic N) is 2. The summed E-state index contributed by atoms with van der Waals surface area (Å²) in [5, 5.41) is 9.74. The molecule has 0 radical (unpaired) electrons. The predicted octanol–water partition coefficient (Wildman–Crippen LogP) is 6.10. The SMILES string of the molecule is C=C/C=C(/c1ccc(OCC2CC2)c(C#N)c1)c1cc(-c2ccc(N3CCOCC3)cc2)[nH]c1C. The van der Waals surface area contributed by atoms with Crippen molar-refractivity contribution < 1.29 is 9.47 Å². The van der Waals surface area contributed by atoms with E-state index in [0.29, 0.717) is 23.8 Å². The predicted molar refractivity (Wildman–Crippen MR) is 141 cm³/mol. The highest BCUT2D eigenvalue weighted by Crippen LogP contribution is 2.34. The van der Waals surface area contributed by atoms with Crippen molar-refractivity contribution in [3.63, 3.8) is 0 Å². The first kappa shape index (κ1) is 23.0. The summed E-state index contributed by atoms with van der Waals surface area (Å²) >= 11 is 0. The molecule has 0 bridgehead atoms. The van der Waals surface area contributed by atoms with Gasteiger partial charge >= 0.3 is 0 Å². The van der Waals surface area contributed by atoms with Gasteiger partial charge in [-0.05, 0) is 72.7 Å². The van der Waals surface area contributed by atoms with Gasteiger partial charge in [0.05, 0.1) is 25.4 Å². The second-order valence-electron chi connectivity index (χ2n) is 9.26. The molecule has 0 amide bonds. The maximum Gasteiger partial charge on any atom is 0.137 e. The average molecular weight is 466 g/mol. The first-order chi connectivity index (χ1) is 17.2. The van der Waals surface area contributed by atoms with E-state index in [1.54, 1.807) is 6.08 Å². The summed E-state index contributed by atoms with van der Waals surface area (Å²) in [6.07, 6.45) is 6.24. The first-order valence-electron chi connectivity index (χ1n) is 12.3. The van der Waals surface area contributed by atoms with Crippen LogP contribution in [0.1, 0.15) is 35.2 Å². The summed E-state index contributed by atoms with van der Waals surface area (Å²) in [6, 6.07) is 19.0. The lowest BCUT2D eigenvalue weighted by Crippen LogP contribution is -2.36. The molecule has 2 fully saturated rings. The lowest BCUT2D eigenvalue weighted by Gasteiger charge is -2.28. The maximum absolute atomic E-state index is 9.74. The van der Waals surface area contributed by atoms with Crippen LogP contribution in [0.2, 0.25) is 0 Å². The fraction of sp³-hybridized carbons (Fsp3) is 0.300. The van der Waals surface area contributed by atoms with Crippen molar-refractivity contribution >= 4 is 11.3 Å². The highest BCUT2D eigenvalue weighted by atomic mass is 16.5. The normalized spacial score (nSPS) is 16.1. The molecular formula is C30H31N3O2. The molecule has 0 spiro atoms. The Morgan fingerprint density at radius 1 is 1.17 bits per heavy atom. The summed E-state index contributed by atoms with van der Waals surface area (Å²) in [6.45, 7) is 10.1. The Morgan fingerprint density at radius 3 is 2.63 bits per heavy atom. The van der Waals surface area contributed by atoms with Gasteiger partial charge < -0.3 is 19.4 Å². The van der Waals surface area contributed by atoms with E-state index in [9.17, 15) is 5.26 Å². The number of aryl methyl sites for hydroxylation is 1. The molecule has 178 valence electrons. The van der Waals surface area contributed by atoms with E-state index in [4.69, 9.17) is 9.47 Å². The van der Waals surface area contributed by atoms with Crippen molar-refractivity contribution in [2.24, 2.45) is 5.92 Å². The second-order valence-corrected chi connectivity index (χ2v) is 9.26. The molecule has 0 unspecified atom stereocenters. The Morgan fingerprint density at radius 2 is 1.94 bits per heavy atom. The number of allylic oxidation sites excluding steroid dienone is 2. The number of aromatic nitrogens is 1. The van der Waals surface area contributed by atoms with Crippen molar-refractivity contribution in [2.45, 2.75) is 19.8 Å². The molecule has 5 nitrogen and oxygen atoms in total. The van der Waals surface area contributed by atoms with Gasteiger partial charge in [-0.1, -0.05) is 36.9 Å². The molecule has 5 rings (SSSR count). The molecule has 0 atom stereocenters. The molecule has 1 aliphatic heterocycles. The number of aromatic amines is 1. The third kappa shape index (κ3) is 5.18. The number of nitriles is 1. The monoisotopic (exact) mass is 465 g/mol. The lowest BCUT2D eigenvalue weighted by atomic mass is 9.95. The largest absolute Gasteiger partial charge is 0.492 e. The van der Waals surface area contributed by atoms with Gasteiger partial charge in [-0.25, -0.2) is 0 Å². The van der Waals surface area contributed by atoms with Gasteiger partial charge in [0.25, 0.3) is 0 Å². The Labute approximate surface area is 207 Å². The number of H-pyrrole nitrogens is 1. The van der Waals surface area contributed by atoms with Gasteiger partial charge in [0, 0.05) is 35.7 Å². The maximum atomic E-state index is 9.74. The Balaban J connectivity index is 1.41. The minimum absolute atomic E-state index is 0.560. The van der Waals surface area contributed by atoms with E-state index in [1.807, 2.05) is 24.3 Å². The summed E-state index contributed by atoms with van der Waals surface area (Å²) in [5.41, 5.74) is 8.13. The number of rotatable bonds is 8. The number of morpholine rings is 1. The van der Waals surface area contributed by atoms with Crippen LogP contribution in [0.4, 0.5) is 5.69 Å². The molecule has 3 aromatic rings. The van der Waals surface area contributed by atoms with Crippen LogP contribution in [0, 0.1) is 24.2 Å². The van der Waals surface area contributed by atoms with Crippen LogP contribution in [0.15, 0.2) is 67.3 Å². The molecule has 1 aromatic heterocycles. The molecule has 2 aromatic carbocycles. The van der Waals surface area contributed by atoms with Crippen LogP contribution in [0.3, 0.4) is 0 Å². The van der Waals surface area contributed by atoms with Crippen LogP contribution in [0.5, 0.6) is 5.75 Å². The van der Waals surface area contributed by atoms with Gasteiger partial charge in [-0.3, -0.25) is 0 Å². The van der Waals surface area contributed by atoms with Crippen LogP contribution in [-0.4, -0.2) is 37.9 Å². The molecular weight excluding hydrogens is 434 g/mol. The Hall–Kier alpha value is -3.75. The van der Waals surface area contributed by atoms with E-state index >= 15 is 0 Å². The molecule has 1 N–H and O–H groups in total. The molecule has 1 aliphatic carbocycles. The molecule has 35 heavy (non-hydrogen) atoms. The summed E-state index contributed by atoms with van der Waals surface area (Å²) < 4.78 is 11.4. The molecule has 5 heteroatoms. The summed E-state index contributed by atoms with van der Waals surface area (Å²) in [7, 11) is 0. The van der Waals surface area contributed by atoms with Gasteiger partial charge in [0.2, 0.25) is 0 Å². The highest BCUT2D eigenvalue weighted by molar-refractivity contribution is 5.85. The van der Waals surface area contributed by atoms with Crippen LogP contribution >= 0.6 is 0 Å². The summed E-state index contributed by atoms with van der Waals surface area (Å²) in [5.74, 6) is 1.30. The van der Waals surface area contributed by atoms with Crippen molar-refractivity contribution in [1.29, 1.82) is 5.26 Å². The Kier molecular flexibility index (Phi) is 6.74. The molecule has 2 aliphatic rings. The Bertz CT molecular complexity index is 1270. The lowest BCUT2D eigenvalue weighted by molar-refractivity contribution is 0.122. The standard InChI is InChI=1S/C30H31N3O2/c1-3-4-27(24-9-12-30(25(17-24)19-31)35-20-22-5-6-22)28-18-29(32-21(28)2)23-7-10-26(11-8-23)33-13-15-34-16-14-33/h3-4,7-12,17-18,22,32H,1,5-6,13-16,20H2,2H3/b27-4-. The number of anilines is 1. The van der Waals surface area contributed by atoms with E-state index in [0.717, 1.165) is 60.0 Å². The van der Waals surface area contributed by atoms with E-state index in [1.165, 1.54) is 18.5 Å². The summed E-state index contributed by atoms with van der Waals surface area (Å²) in [4.78, 5) is 5.91. The van der Waals surface area contributed by atoms with Crippen molar-refractivity contribution in [3.05, 3.63) is 89.6 Å². The minimum Gasteiger partial charge on any atom is -0.492 e. The van der Waals surface area contributed by atoms with E-state index < -0.39 is 0 Å². The van der Waals surface area contributed by atoms with E-state index in [-0.39, 0.29) is 0 Å². The van der Waals surface area contributed by atoms with Crippen molar-refractivity contribution in [1.82, 2.24) is 4.98 Å². The van der Waals surface area contributed by atoms with Gasteiger partial charge in [-0.2, -0.15) is 5.26 Å². The molecule has 1 saturated carbocycles. The average Bonchev–Trinajstić information content (AvgIpc) is 3.66.